The summed E-state index contributed by atoms with van der Waals surface area (Å²) in [6.07, 6.45) is 0. The van der Waals surface area contributed by atoms with E-state index in [4.69, 9.17) is 17.0 Å². The first-order valence-electron chi connectivity index (χ1n) is 3.86. The minimum absolute atomic E-state index is 0.287. The fraction of sp³-hybridized carbons (Fsp3) is 0.625. The number of thioether (sulfide) groups is 1. The Kier molecular flexibility index (Phi) is 3.08. The van der Waals surface area contributed by atoms with Crippen molar-refractivity contribution in [1.82, 2.24) is 0 Å². The van der Waals surface area contributed by atoms with Crippen molar-refractivity contribution in [2.75, 3.05) is 5.75 Å². The van der Waals surface area contributed by atoms with Gasteiger partial charge in [-0.3, -0.25) is 0 Å². The minimum atomic E-state index is -0.717. The first-order valence-corrected chi connectivity index (χ1v) is 5.25. The zero-order valence-electron chi connectivity index (χ0n) is 7.79. The molecule has 0 amide bonds. The highest BCUT2D eigenvalue weighted by Gasteiger charge is 2.36. The summed E-state index contributed by atoms with van der Waals surface area (Å²) in [6.45, 7) is 5.30. The van der Waals surface area contributed by atoms with E-state index >= 15 is 0 Å². The van der Waals surface area contributed by atoms with Crippen LogP contribution in [0.25, 0.3) is 0 Å². The van der Waals surface area contributed by atoms with Crippen molar-refractivity contribution in [3.8, 4) is 0 Å². The van der Waals surface area contributed by atoms with Gasteiger partial charge in [0.25, 0.3) is 0 Å². The summed E-state index contributed by atoms with van der Waals surface area (Å²) in [5.41, 5.74) is -0.717. The number of esters is 1. The highest BCUT2D eigenvalue weighted by Crippen LogP contribution is 2.20. The quantitative estimate of drug-likeness (QED) is 0.522. The zero-order valence-corrected chi connectivity index (χ0v) is 9.42. The van der Waals surface area contributed by atoms with Gasteiger partial charge in [0, 0.05) is 4.20 Å². The van der Waals surface area contributed by atoms with Crippen LogP contribution >= 0.6 is 24.0 Å². The Hall–Kier alpha value is -0.420. The normalized spacial score (nSPS) is 19.6. The summed E-state index contributed by atoms with van der Waals surface area (Å²) in [5, 5.41) is 0. The van der Waals surface area contributed by atoms with E-state index < -0.39 is 5.54 Å². The van der Waals surface area contributed by atoms with E-state index in [2.05, 4.69) is 4.99 Å². The number of nitrogens with zero attached hydrogens (tertiary/aromatic N) is 1. The monoisotopic (exact) mass is 217 g/mol. The highest BCUT2D eigenvalue weighted by atomic mass is 32.2. The molecule has 0 atom stereocenters. The molecule has 1 heterocycles. The van der Waals surface area contributed by atoms with Crippen molar-refractivity contribution in [2.24, 2.45) is 4.99 Å². The Morgan fingerprint density at radius 1 is 1.69 bits per heavy atom. The van der Waals surface area contributed by atoms with Crippen molar-refractivity contribution in [2.45, 2.75) is 26.3 Å². The fourth-order valence-corrected chi connectivity index (χ4v) is 1.46. The third-order valence-electron chi connectivity index (χ3n) is 1.51. The lowest BCUT2D eigenvalue weighted by Gasteiger charge is -2.05. The number of cyclic esters (lactones) is 1. The van der Waals surface area contributed by atoms with Crippen molar-refractivity contribution < 1.29 is 9.53 Å². The topological polar surface area (TPSA) is 38.7 Å². The van der Waals surface area contributed by atoms with E-state index in [0.29, 0.717) is 11.7 Å². The average Bonchev–Trinajstić information content (AvgIpc) is 2.22. The Morgan fingerprint density at radius 3 is 2.69 bits per heavy atom. The molecule has 13 heavy (non-hydrogen) atoms. The summed E-state index contributed by atoms with van der Waals surface area (Å²) in [7, 11) is 0. The van der Waals surface area contributed by atoms with E-state index in [0.717, 1.165) is 4.20 Å². The van der Waals surface area contributed by atoms with E-state index in [1.165, 1.54) is 11.8 Å². The van der Waals surface area contributed by atoms with Crippen molar-refractivity contribution in [3.05, 3.63) is 0 Å². The number of hydrogen-bond donors (Lipinski definition) is 0. The van der Waals surface area contributed by atoms with Gasteiger partial charge in [0.05, 0.1) is 5.75 Å². The summed E-state index contributed by atoms with van der Waals surface area (Å²) < 4.78 is 5.78. The second-order valence-corrected chi connectivity index (χ2v) is 5.29. The van der Waals surface area contributed by atoms with Crippen LogP contribution in [0.2, 0.25) is 0 Å². The van der Waals surface area contributed by atoms with Crippen LogP contribution in [0.3, 0.4) is 0 Å². The van der Waals surface area contributed by atoms with Gasteiger partial charge >= 0.3 is 5.97 Å². The van der Waals surface area contributed by atoms with E-state index in [1.807, 2.05) is 6.92 Å². The number of carbonyl (C=O) groups excluding carboxylic acids is 1. The standard InChI is InChI=1S/C8H11NO2S2/c1-5(12)13-4-6-9-8(2,3)7(10)11-6/h4H2,1-3H3. The second-order valence-electron chi connectivity index (χ2n) is 3.23. The lowest BCUT2D eigenvalue weighted by molar-refractivity contribution is -0.137. The molecule has 0 unspecified atom stereocenters. The van der Waals surface area contributed by atoms with Gasteiger partial charge in [-0.25, -0.2) is 9.79 Å². The Morgan fingerprint density at radius 2 is 2.31 bits per heavy atom. The fourth-order valence-electron chi connectivity index (χ4n) is 0.837. The Bertz CT molecular complexity index is 284. The molecule has 0 aromatic carbocycles. The van der Waals surface area contributed by atoms with Gasteiger partial charge in [0.1, 0.15) is 0 Å². The van der Waals surface area contributed by atoms with E-state index in [1.54, 1.807) is 13.8 Å². The molecule has 0 saturated heterocycles. The van der Waals surface area contributed by atoms with Crippen LogP contribution in [0.4, 0.5) is 0 Å². The van der Waals surface area contributed by atoms with Crippen LogP contribution in [-0.2, 0) is 9.53 Å². The molecule has 1 aliphatic heterocycles. The Labute approximate surface area is 86.9 Å². The maximum atomic E-state index is 11.2. The lowest BCUT2D eigenvalue weighted by Crippen LogP contribution is -2.25. The lowest BCUT2D eigenvalue weighted by atomic mass is 10.1. The summed E-state index contributed by atoms with van der Waals surface area (Å²) in [6, 6.07) is 0. The average molecular weight is 217 g/mol. The molecule has 0 aromatic rings. The van der Waals surface area contributed by atoms with Crippen molar-refractivity contribution >= 4 is 40.0 Å². The number of rotatable bonds is 2. The molecule has 0 radical (unpaired) electrons. The molecule has 0 fully saturated rings. The number of thiocarbonyl (C=S) groups is 1. The van der Waals surface area contributed by atoms with Gasteiger partial charge in [0.15, 0.2) is 5.54 Å². The van der Waals surface area contributed by atoms with Crippen LogP contribution in [0.15, 0.2) is 4.99 Å². The second kappa shape index (κ2) is 3.75. The molecule has 0 spiro atoms. The van der Waals surface area contributed by atoms with Crippen LogP contribution in [0, 0.1) is 0 Å². The van der Waals surface area contributed by atoms with Gasteiger partial charge in [-0.1, -0.05) is 12.2 Å². The summed E-state index contributed by atoms with van der Waals surface area (Å²) >= 11 is 6.34. The highest BCUT2D eigenvalue weighted by molar-refractivity contribution is 8.23. The smallest absolute Gasteiger partial charge is 0.340 e. The van der Waals surface area contributed by atoms with E-state index in [9.17, 15) is 4.79 Å². The first-order chi connectivity index (χ1) is 5.92. The van der Waals surface area contributed by atoms with Crippen molar-refractivity contribution in [3.63, 3.8) is 0 Å². The molecule has 1 aliphatic rings. The third kappa shape index (κ3) is 2.77. The molecule has 5 heteroatoms. The van der Waals surface area contributed by atoms with Gasteiger partial charge in [-0.05, 0) is 20.8 Å². The molecule has 72 valence electrons. The van der Waals surface area contributed by atoms with Crippen LogP contribution < -0.4 is 0 Å². The van der Waals surface area contributed by atoms with Gasteiger partial charge in [-0.2, -0.15) is 0 Å². The number of ether oxygens (including phenoxy) is 1. The number of carbonyl (C=O) groups is 1. The van der Waals surface area contributed by atoms with Crippen molar-refractivity contribution in [1.29, 1.82) is 0 Å². The molecular formula is C8H11NO2S2. The largest absolute Gasteiger partial charge is 0.409 e. The summed E-state index contributed by atoms with van der Waals surface area (Å²) in [5.74, 6) is 0.735. The molecule has 3 nitrogen and oxygen atoms in total. The van der Waals surface area contributed by atoms with Crippen LogP contribution in [-0.4, -0.2) is 27.4 Å². The Balaban J connectivity index is 2.55. The van der Waals surface area contributed by atoms with Gasteiger partial charge in [-0.15, -0.1) is 11.8 Å². The van der Waals surface area contributed by atoms with Crippen LogP contribution in [0.1, 0.15) is 20.8 Å². The molecule has 0 N–H and O–H groups in total. The first kappa shape index (κ1) is 10.7. The molecular weight excluding hydrogens is 206 g/mol. The van der Waals surface area contributed by atoms with Crippen LogP contribution in [0.5, 0.6) is 0 Å². The number of aliphatic imine (C=N–C) groups is 1. The molecule has 0 bridgehead atoms. The van der Waals surface area contributed by atoms with Gasteiger partial charge < -0.3 is 4.74 Å². The van der Waals surface area contributed by atoms with E-state index in [-0.39, 0.29) is 5.97 Å². The molecule has 0 saturated carbocycles. The SMILES string of the molecule is CC(=S)SCC1=NC(C)(C)C(=O)O1. The number of hydrogen-bond acceptors (Lipinski definition) is 5. The molecule has 0 aromatic heterocycles. The molecule has 0 aliphatic carbocycles. The predicted octanol–water partition coefficient (Wildman–Crippen LogP) is 1.80. The molecule has 1 rings (SSSR count). The zero-order chi connectivity index (χ0) is 10.1. The summed E-state index contributed by atoms with van der Waals surface area (Å²) in [4.78, 5) is 15.3. The maximum absolute atomic E-state index is 11.2. The maximum Gasteiger partial charge on any atom is 0.340 e. The van der Waals surface area contributed by atoms with Gasteiger partial charge in [0.2, 0.25) is 5.90 Å². The minimum Gasteiger partial charge on any atom is -0.409 e. The predicted molar refractivity (Wildman–Crippen MR) is 58.3 cm³/mol. The third-order valence-corrected chi connectivity index (χ3v) is 2.66.